The van der Waals surface area contributed by atoms with Crippen LogP contribution in [0.4, 0.5) is 0 Å². The van der Waals surface area contributed by atoms with Crippen molar-refractivity contribution in [1.29, 1.82) is 0 Å². The fourth-order valence-corrected chi connectivity index (χ4v) is 3.24. The highest BCUT2D eigenvalue weighted by Crippen LogP contribution is 2.22. The number of fused-ring (bicyclic) bond motifs is 1. The van der Waals surface area contributed by atoms with Crippen LogP contribution >= 0.6 is 27.5 Å². The largest absolute Gasteiger partial charge is 0.328 e. The van der Waals surface area contributed by atoms with Crippen molar-refractivity contribution in [3.05, 3.63) is 28.5 Å². The molecule has 0 spiro atoms. The molecule has 2 aromatic rings. The van der Waals surface area contributed by atoms with E-state index in [2.05, 4.69) is 45.6 Å². The second kappa shape index (κ2) is 8.79. The molecule has 1 heterocycles. The molecule has 2 rings (SSSR count). The van der Waals surface area contributed by atoms with Crippen LogP contribution in [0, 0.1) is 0 Å². The van der Waals surface area contributed by atoms with Crippen molar-refractivity contribution >= 4 is 38.6 Å². The van der Waals surface area contributed by atoms with Crippen LogP contribution < -0.4 is 0 Å². The summed E-state index contributed by atoms with van der Waals surface area (Å²) in [6.07, 6.45) is 8.73. The molecule has 0 saturated carbocycles. The second-order valence-electron chi connectivity index (χ2n) is 5.52. The summed E-state index contributed by atoms with van der Waals surface area (Å²) in [4.78, 5) is 4.73. The Morgan fingerprint density at radius 2 is 1.90 bits per heavy atom. The van der Waals surface area contributed by atoms with Gasteiger partial charge in [-0.3, -0.25) is 0 Å². The zero-order valence-electron chi connectivity index (χ0n) is 12.7. The minimum Gasteiger partial charge on any atom is -0.328 e. The average Bonchev–Trinajstić information content (AvgIpc) is 2.80. The quantitative estimate of drug-likeness (QED) is 0.394. The summed E-state index contributed by atoms with van der Waals surface area (Å²) in [5.74, 6) is 1.74. The number of halogens is 2. The number of aromatic nitrogens is 2. The van der Waals surface area contributed by atoms with Crippen molar-refractivity contribution in [2.45, 2.75) is 58.4 Å². The molecule has 2 nitrogen and oxygen atoms in total. The normalized spacial score (nSPS) is 11.4. The average molecular weight is 372 g/mol. The SMILES string of the molecule is CCCCCCCCn1c(CCCl)nc2ccc(Br)cc21. The van der Waals surface area contributed by atoms with Gasteiger partial charge in [0.15, 0.2) is 0 Å². The highest BCUT2D eigenvalue weighted by atomic mass is 79.9. The Morgan fingerprint density at radius 3 is 2.67 bits per heavy atom. The summed E-state index contributed by atoms with van der Waals surface area (Å²) in [6, 6.07) is 6.29. The first-order valence-electron chi connectivity index (χ1n) is 7.97. The van der Waals surface area contributed by atoms with E-state index >= 15 is 0 Å². The van der Waals surface area contributed by atoms with Crippen LogP contribution in [0.15, 0.2) is 22.7 Å². The third kappa shape index (κ3) is 4.72. The maximum absolute atomic E-state index is 5.92. The monoisotopic (exact) mass is 370 g/mol. The van der Waals surface area contributed by atoms with E-state index in [1.165, 1.54) is 44.0 Å². The van der Waals surface area contributed by atoms with Gasteiger partial charge in [0.05, 0.1) is 11.0 Å². The lowest BCUT2D eigenvalue weighted by atomic mass is 10.1. The van der Waals surface area contributed by atoms with Gasteiger partial charge in [-0.1, -0.05) is 55.0 Å². The molecule has 0 saturated heterocycles. The molecule has 0 bridgehead atoms. The summed E-state index contributed by atoms with van der Waals surface area (Å²) in [5.41, 5.74) is 2.29. The fraction of sp³-hybridized carbons (Fsp3) is 0.588. The molecular formula is C17H24BrClN2. The third-order valence-electron chi connectivity index (χ3n) is 3.84. The Kier molecular flexibility index (Phi) is 7.05. The van der Waals surface area contributed by atoms with E-state index in [0.717, 1.165) is 28.8 Å². The molecule has 0 aliphatic carbocycles. The maximum Gasteiger partial charge on any atom is 0.111 e. The molecule has 0 aliphatic heterocycles. The molecule has 4 heteroatoms. The van der Waals surface area contributed by atoms with Crippen molar-refractivity contribution in [3.8, 4) is 0 Å². The van der Waals surface area contributed by atoms with Crippen molar-refractivity contribution < 1.29 is 0 Å². The minimum absolute atomic E-state index is 0.626. The number of unbranched alkanes of at least 4 members (excludes halogenated alkanes) is 5. The van der Waals surface area contributed by atoms with E-state index in [0.29, 0.717) is 5.88 Å². The van der Waals surface area contributed by atoms with Crippen molar-refractivity contribution in [2.24, 2.45) is 0 Å². The van der Waals surface area contributed by atoms with Gasteiger partial charge in [-0.2, -0.15) is 0 Å². The molecule has 21 heavy (non-hydrogen) atoms. The zero-order chi connectivity index (χ0) is 15.1. The Bertz CT molecular complexity index is 565. The minimum atomic E-state index is 0.626. The van der Waals surface area contributed by atoms with Gasteiger partial charge in [0.2, 0.25) is 0 Å². The Morgan fingerprint density at radius 1 is 1.14 bits per heavy atom. The van der Waals surface area contributed by atoms with Gasteiger partial charge < -0.3 is 4.57 Å². The molecule has 0 amide bonds. The van der Waals surface area contributed by atoms with Gasteiger partial charge in [0.25, 0.3) is 0 Å². The highest BCUT2D eigenvalue weighted by Gasteiger charge is 2.10. The maximum atomic E-state index is 5.92. The predicted octanol–water partition coefficient (Wildman–Crippen LogP) is 5.94. The molecule has 0 unspecified atom stereocenters. The summed E-state index contributed by atoms with van der Waals surface area (Å²) in [5, 5.41) is 0. The van der Waals surface area contributed by atoms with Gasteiger partial charge >= 0.3 is 0 Å². The highest BCUT2D eigenvalue weighted by molar-refractivity contribution is 9.10. The molecule has 0 aliphatic rings. The first kappa shape index (κ1) is 16.8. The molecule has 0 atom stereocenters. The van der Waals surface area contributed by atoms with E-state index in [-0.39, 0.29) is 0 Å². The number of benzene rings is 1. The predicted molar refractivity (Wildman–Crippen MR) is 95.2 cm³/mol. The van der Waals surface area contributed by atoms with E-state index in [1.807, 2.05) is 0 Å². The summed E-state index contributed by atoms with van der Waals surface area (Å²) in [7, 11) is 0. The molecule has 116 valence electrons. The van der Waals surface area contributed by atoms with Crippen LogP contribution in [0.2, 0.25) is 0 Å². The molecule has 0 radical (unpaired) electrons. The first-order valence-corrected chi connectivity index (χ1v) is 9.29. The van der Waals surface area contributed by atoms with Gasteiger partial charge in [-0.25, -0.2) is 4.98 Å². The lowest BCUT2D eigenvalue weighted by molar-refractivity contribution is 0.554. The van der Waals surface area contributed by atoms with Crippen molar-refractivity contribution in [2.75, 3.05) is 5.88 Å². The number of aryl methyl sites for hydroxylation is 2. The molecule has 1 aromatic heterocycles. The number of nitrogens with zero attached hydrogens (tertiary/aromatic N) is 2. The molecule has 0 fully saturated rings. The Balaban J connectivity index is 2.05. The topological polar surface area (TPSA) is 17.8 Å². The lowest BCUT2D eigenvalue weighted by Crippen LogP contribution is -2.05. The standard InChI is InChI=1S/C17H24BrClN2/c1-2-3-4-5-6-7-12-21-16-13-14(18)8-9-15(16)20-17(21)10-11-19/h8-9,13H,2-7,10-12H2,1H3. The van der Waals surface area contributed by atoms with E-state index in [4.69, 9.17) is 16.6 Å². The number of alkyl halides is 1. The molecule has 1 aromatic carbocycles. The summed E-state index contributed by atoms with van der Waals surface area (Å²) in [6.45, 7) is 3.30. The van der Waals surface area contributed by atoms with Gasteiger partial charge in [-0.15, -0.1) is 11.6 Å². The van der Waals surface area contributed by atoms with E-state index in [1.54, 1.807) is 0 Å². The van der Waals surface area contributed by atoms with Crippen LogP contribution in [0.3, 0.4) is 0 Å². The smallest absolute Gasteiger partial charge is 0.111 e. The van der Waals surface area contributed by atoms with Gasteiger partial charge in [0, 0.05) is 23.3 Å². The van der Waals surface area contributed by atoms with Crippen molar-refractivity contribution in [3.63, 3.8) is 0 Å². The second-order valence-corrected chi connectivity index (χ2v) is 6.81. The molecule has 0 N–H and O–H groups in total. The van der Waals surface area contributed by atoms with Crippen LogP contribution in [-0.4, -0.2) is 15.4 Å². The number of rotatable bonds is 9. The van der Waals surface area contributed by atoms with E-state index in [9.17, 15) is 0 Å². The van der Waals surface area contributed by atoms with E-state index < -0.39 is 0 Å². The Labute approximate surface area is 141 Å². The lowest BCUT2D eigenvalue weighted by Gasteiger charge is -2.08. The third-order valence-corrected chi connectivity index (χ3v) is 4.52. The number of imidazole rings is 1. The van der Waals surface area contributed by atoms with Crippen LogP contribution in [0.5, 0.6) is 0 Å². The van der Waals surface area contributed by atoms with Gasteiger partial charge in [-0.05, 0) is 24.6 Å². The Hall–Kier alpha value is -0.540. The first-order chi connectivity index (χ1) is 10.3. The zero-order valence-corrected chi connectivity index (χ0v) is 15.1. The van der Waals surface area contributed by atoms with Crippen molar-refractivity contribution in [1.82, 2.24) is 9.55 Å². The van der Waals surface area contributed by atoms with Gasteiger partial charge in [0.1, 0.15) is 5.82 Å². The fourth-order valence-electron chi connectivity index (χ4n) is 2.72. The number of hydrogen-bond acceptors (Lipinski definition) is 1. The molecular weight excluding hydrogens is 348 g/mol. The van der Waals surface area contributed by atoms with Crippen LogP contribution in [0.25, 0.3) is 11.0 Å². The summed E-state index contributed by atoms with van der Waals surface area (Å²) >= 11 is 9.48. The summed E-state index contributed by atoms with van der Waals surface area (Å²) < 4.78 is 3.46. The number of hydrogen-bond donors (Lipinski definition) is 0. The van der Waals surface area contributed by atoms with Crippen LogP contribution in [-0.2, 0) is 13.0 Å². The van der Waals surface area contributed by atoms with Crippen LogP contribution in [0.1, 0.15) is 51.3 Å².